The maximum atomic E-state index is 11.2. The molecule has 1 aromatic rings. The van der Waals surface area contributed by atoms with Crippen molar-refractivity contribution in [3.8, 4) is 0 Å². The van der Waals surface area contributed by atoms with E-state index in [1.807, 2.05) is 12.3 Å². The summed E-state index contributed by atoms with van der Waals surface area (Å²) in [5.74, 6) is 0.0366. The molecule has 1 aliphatic heterocycles. The summed E-state index contributed by atoms with van der Waals surface area (Å²) in [6.45, 7) is 5.49. The SMILES string of the molecule is CCC(N)C(c1cccnc1)N1CCC(NC(C)=O)C1. The molecule has 2 rings (SSSR count). The third kappa shape index (κ3) is 3.55. The van der Waals surface area contributed by atoms with Crippen molar-refractivity contribution in [2.24, 2.45) is 5.73 Å². The number of rotatable bonds is 5. The van der Waals surface area contributed by atoms with Crippen LogP contribution in [0.15, 0.2) is 24.5 Å². The summed E-state index contributed by atoms with van der Waals surface area (Å²) in [4.78, 5) is 17.7. The summed E-state index contributed by atoms with van der Waals surface area (Å²) >= 11 is 0. The number of carbonyl (C=O) groups is 1. The molecule has 0 spiro atoms. The van der Waals surface area contributed by atoms with Gasteiger partial charge in [0.1, 0.15) is 0 Å². The monoisotopic (exact) mass is 276 g/mol. The van der Waals surface area contributed by atoms with Gasteiger partial charge in [-0.05, 0) is 24.5 Å². The van der Waals surface area contributed by atoms with Crippen molar-refractivity contribution in [1.29, 1.82) is 0 Å². The number of amides is 1. The number of pyridine rings is 1. The second-order valence-electron chi connectivity index (χ2n) is 5.48. The highest BCUT2D eigenvalue weighted by atomic mass is 16.1. The molecule has 3 atom stereocenters. The van der Waals surface area contributed by atoms with Crippen molar-refractivity contribution < 1.29 is 4.79 Å². The predicted molar refractivity (Wildman–Crippen MR) is 79.0 cm³/mol. The zero-order valence-electron chi connectivity index (χ0n) is 12.2. The van der Waals surface area contributed by atoms with Crippen LogP contribution in [0.25, 0.3) is 0 Å². The van der Waals surface area contributed by atoms with Crippen molar-refractivity contribution in [1.82, 2.24) is 15.2 Å². The predicted octanol–water partition coefficient (Wildman–Crippen LogP) is 1.07. The van der Waals surface area contributed by atoms with E-state index >= 15 is 0 Å². The Morgan fingerprint density at radius 1 is 1.65 bits per heavy atom. The fraction of sp³-hybridized carbons (Fsp3) is 0.600. The molecule has 3 unspecified atom stereocenters. The Morgan fingerprint density at radius 3 is 3.05 bits per heavy atom. The molecule has 0 bridgehead atoms. The smallest absolute Gasteiger partial charge is 0.217 e. The van der Waals surface area contributed by atoms with Gasteiger partial charge in [0.15, 0.2) is 0 Å². The van der Waals surface area contributed by atoms with Gasteiger partial charge in [-0.1, -0.05) is 13.0 Å². The number of likely N-dealkylation sites (tertiary alicyclic amines) is 1. The minimum Gasteiger partial charge on any atom is -0.352 e. The van der Waals surface area contributed by atoms with Crippen LogP contribution >= 0.6 is 0 Å². The van der Waals surface area contributed by atoms with Gasteiger partial charge in [0.25, 0.3) is 0 Å². The number of nitrogens with zero attached hydrogens (tertiary/aromatic N) is 2. The van der Waals surface area contributed by atoms with Gasteiger partial charge in [0, 0.05) is 44.5 Å². The molecule has 1 aromatic heterocycles. The summed E-state index contributed by atoms with van der Waals surface area (Å²) in [5.41, 5.74) is 7.48. The normalized spacial score (nSPS) is 22.4. The Morgan fingerprint density at radius 2 is 2.45 bits per heavy atom. The van der Waals surface area contributed by atoms with Gasteiger partial charge in [-0.15, -0.1) is 0 Å². The number of nitrogens with two attached hydrogens (primary N) is 1. The Hall–Kier alpha value is -1.46. The number of nitrogens with one attached hydrogen (secondary N) is 1. The number of aromatic nitrogens is 1. The average Bonchev–Trinajstić information content (AvgIpc) is 2.87. The Balaban J connectivity index is 2.11. The van der Waals surface area contributed by atoms with Gasteiger partial charge in [-0.3, -0.25) is 14.7 Å². The fourth-order valence-electron chi connectivity index (χ4n) is 2.95. The van der Waals surface area contributed by atoms with Crippen LogP contribution in [-0.4, -0.2) is 41.0 Å². The van der Waals surface area contributed by atoms with E-state index in [1.54, 1.807) is 13.1 Å². The molecule has 0 saturated carbocycles. The molecule has 110 valence electrons. The standard InChI is InChI=1S/C15H24N4O/c1-3-14(16)15(12-5-4-7-17-9-12)19-8-6-13(10-19)18-11(2)20/h4-5,7,9,13-15H,3,6,8,10,16H2,1-2H3,(H,18,20). The maximum absolute atomic E-state index is 11.2. The van der Waals surface area contributed by atoms with E-state index in [-0.39, 0.29) is 24.0 Å². The van der Waals surface area contributed by atoms with Gasteiger partial charge >= 0.3 is 0 Å². The van der Waals surface area contributed by atoms with Crippen LogP contribution in [-0.2, 0) is 4.79 Å². The topological polar surface area (TPSA) is 71.2 Å². The first-order valence-corrected chi connectivity index (χ1v) is 7.28. The van der Waals surface area contributed by atoms with E-state index < -0.39 is 0 Å². The van der Waals surface area contributed by atoms with Gasteiger partial charge < -0.3 is 11.1 Å². The van der Waals surface area contributed by atoms with Gasteiger partial charge in [-0.25, -0.2) is 0 Å². The highest BCUT2D eigenvalue weighted by Crippen LogP contribution is 2.28. The van der Waals surface area contributed by atoms with E-state index in [0.29, 0.717) is 0 Å². The van der Waals surface area contributed by atoms with Crippen LogP contribution < -0.4 is 11.1 Å². The second kappa shape index (κ2) is 6.81. The molecule has 0 aromatic carbocycles. The van der Waals surface area contributed by atoms with Crippen LogP contribution in [0.3, 0.4) is 0 Å². The summed E-state index contributed by atoms with van der Waals surface area (Å²) in [6.07, 6.45) is 5.57. The Labute approximate surface area is 120 Å². The molecule has 5 heteroatoms. The highest BCUT2D eigenvalue weighted by Gasteiger charge is 2.32. The first-order chi connectivity index (χ1) is 9.61. The second-order valence-corrected chi connectivity index (χ2v) is 5.48. The molecular weight excluding hydrogens is 252 g/mol. The molecule has 1 amide bonds. The summed E-state index contributed by atoms with van der Waals surface area (Å²) in [7, 11) is 0. The molecule has 3 N–H and O–H groups in total. The van der Waals surface area contributed by atoms with Crippen LogP contribution in [0, 0.1) is 0 Å². The number of hydrogen-bond donors (Lipinski definition) is 2. The van der Waals surface area contributed by atoms with E-state index in [4.69, 9.17) is 5.73 Å². The van der Waals surface area contributed by atoms with Crippen molar-refractivity contribution in [3.05, 3.63) is 30.1 Å². The van der Waals surface area contributed by atoms with Crippen molar-refractivity contribution in [2.45, 2.75) is 44.8 Å². The van der Waals surface area contributed by atoms with Crippen LogP contribution in [0.5, 0.6) is 0 Å². The minimum absolute atomic E-state index is 0.0366. The van der Waals surface area contributed by atoms with Crippen LogP contribution in [0.1, 0.15) is 38.3 Å². The van der Waals surface area contributed by atoms with Crippen LogP contribution in [0.4, 0.5) is 0 Å². The zero-order chi connectivity index (χ0) is 14.5. The highest BCUT2D eigenvalue weighted by molar-refractivity contribution is 5.73. The third-order valence-electron chi connectivity index (χ3n) is 3.92. The fourth-order valence-corrected chi connectivity index (χ4v) is 2.95. The minimum atomic E-state index is 0.0366. The lowest BCUT2D eigenvalue weighted by molar-refractivity contribution is -0.119. The molecular formula is C15H24N4O. The molecule has 0 aliphatic carbocycles. The van der Waals surface area contributed by atoms with Gasteiger partial charge in [-0.2, -0.15) is 0 Å². The quantitative estimate of drug-likeness (QED) is 0.844. The first-order valence-electron chi connectivity index (χ1n) is 7.28. The number of hydrogen-bond acceptors (Lipinski definition) is 4. The van der Waals surface area contributed by atoms with Crippen LogP contribution in [0.2, 0.25) is 0 Å². The molecule has 0 radical (unpaired) electrons. The molecule has 5 nitrogen and oxygen atoms in total. The molecule has 1 aliphatic rings. The first kappa shape index (κ1) is 14.9. The van der Waals surface area contributed by atoms with E-state index in [2.05, 4.69) is 28.2 Å². The maximum Gasteiger partial charge on any atom is 0.217 e. The summed E-state index contributed by atoms with van der Waals surface area (Å²) < 4.78 is 0. The van der Waals surface area contributed by atoms with Gasteiger partial charge in [0.05, 0.1) is 6.04 Å². The average molecular weight is 276 g/mol. The van der Waals surface area contributed by atoms with E-state index in [9.17, 15) is 4.79 Å². The molecule has 2 heterocycles. The van der Waals surface area contributed by atoms with Crippen molar-refractivity contribution in [3.63, 3.8) is 0 Å². The zero-order valence-corrected chi connectivity index (χ0v) is 12.2. The van der Waals surface area contributed by atoms with E-state index in [0.717, 1.165) is 31.5 Å². The lowest BCUT2D eigenvalue weighted by Crippen LogP contribution is -2.42. The third-order valence-corrected chi connectivity index (χ3v) is 3.92. The molecule has 1 fully saturated rings. The van der Waals surface area contributed by atoms with Crippen molar-refractivity contribution in [2.75, 3.05) is 13.1 Å². The van der Waals surface area contributed by atoms with Gasteiger partial charge in [0.2, 0.25) is 5.91 Å². The van der Waals surface area contributed by atoms with E-state index in [1.165, 1.54) is 0 Å². The summed E-state index contributed by atoms with van der Waals surface area (Å²) in [6, 6.07) is 4.52. The Bertz CT molecular complexity index is 437. The summed E-state index contributed by atoms with van der Waals surface area (Å²) in [5, 5.41) is 3.00. The molecule has 20 heavy (non-hydrogen) atoms. The largest absolute Gasteiger partial charge is 0.352 e. The lowest BCUT2D eigenvalue weighted by Gasteiger charge is -2.32. The Kier molecular flexibility index (Phi) is 5.09. The van der Waals surface area contributed by atoms with Crippen molar-refractivity contribution >= 4 is 5.91 Å². The molecule has 1 saturated heterocycles. The lowest BCUT2D eigenvalue weighted by atomic mass is 9.98. The number of carbonyl (C=O) groups excluding carboxylic acids is 1.